The minimum atomic E-state index is -0.181. The molecule has 3 rings (SSSR count). The Kier molecular flexibility index (Phi) is 4.45. The van der Waals surface area contributed by atoms with E-state index < -0.39 is 0 Å². The van der Waals surface area contributed by atoms with Crippen LogP contribution in [0.4, 0.5) is 0 Å². The number of para-hydroxylation sites is 1. The topological polar surface area (TPSA) is 75.1 Å². The lowest BCUT2D eigenvalue weighted by Crippen LogP contribution is -2.29. The van der Waals surface area contributed by atoms with Crippen LogP contribution in [0, 0.1) is 18.3 Å². The zero-order valence-electron chi connectivity index (χ0n) is 13.7. The molecule has 0 N–H and O–H groups in total. The highest BCUT2D eigenvalue weighted by Gasteiger charge is 2.13. The predicted octanol–water partition coefficient (Wildman–Crippen LogP) is 2.45. The average Bonchev–Trinajstić information content (AvgIpc) is 2.96. The third-order valence-corrected chi connectivity index (χ3v) is 3.80. The molecule has 0 saturated carbocycles. The first-order chi connectivity index (χ1) is 11.6. The van der Waals surface area contributed by atoms with Gasteiger partial charge in [0.1, 0.15) is 23.9 Å². The molecule has 0 radical (unpaired) electrons. The Balaban J connectivity index is 1.94. The predicted molar refractivity (Wildman–Crippen MR) is 90.2 cm³/mol. The van der Waals surface area contributed by atoms with Gasteiger partial charge in [-0.3, -0.25) is 14.3 Å². The van der Waals surface area contributed by atoms with Gasteiger partial charge in [-0.2, -0.15) is 5.26 Å². The van der Waals surface area contributed by atoms with Gasteiger partial charge in [-0.1, -0.05) is 12.1 Å². The van der Waals surface area contributed by atoms with E-state index in [1.54, 1.807) is 12.1 Å². The second-order valence-corrected chi connectivity index (χ2v) is 5.78. The number of fused-ring (bicyclic) bond motifs is 1. The van der Waals surface area contributed by atoms with Crippen LogP contribution in [0.5, 0.6) is 0 Å². The molecule has 0 atom stereocenters. The molecule has 6 nitrogen and oxygen atoms in total. The van der Waals surface area contributed by atoms with Gasteiger partial charge in [-0.25, -0.2) is 4.98 Å². The third kappa shape index (κ3) is 3.21. The van der Waals surface area contributed by atoms with E-state index in [4.69, 9.17) is 9.68 Å². The number of rotatable bonds is 5. The Morgan fingerprint density at radius 2 is 2.04 bits per heavy atom. The van der Waals surface area contributed by atoms with Gasteiger partial charge in [0.05, 0.1) is 30.1 Å². The molecule has 0 unspecified atom stereocenters. The summed E-state index contributed by atoms with van der Waals surface area (Å²) < 4.78 is 7.02. The Hall–Kier alpha value is -2.91. The summed E-state index contributed by atoms with van der Waals surface area (Å²) in [4.78, 5) is 19.2. The summed E-state index contributed by atoms with van der Waals surface area (Å²) in [5.74, 6) is 2.29. The molecule has 0 fully saturated rings. The van der Waals surface area contributed by atoms with Crippen molar-refractivity contribution in [2.24, 2.45) is 0 Å². The molecule has 1 aromatic carbocycles. The Morgan fingerprint density at radius 1 is 1.25 bits per heavy atom. The maximum Gasteiger partial charge on any atom is 0.262 e. The number of nitrogens with zero attached hydrogens (tertiary/aromatic N) is 4. The highest BCUT2D eigenvalue weighted by molar-refractivity contribution is 5.77. The van der Waals surface area contributed by atoms with Crippen LogP contribution in [0.15, 0.2) is 45.6 Å². The van der Waals surface area contributed by atoms with Crippen LogP contribution in [0.2, 0.25) is 0 Å². The molecule has 0 aliphatic rings. The quantitative estimate of drug-likeness (QED) is 0.721. The Labute approximate surface area is 139 Å². The standard InChI is InChI=1S/C18H18N4O2/c1-13-7-8-14(24-13)11-21(2)12-17-20-16-6-4-3-5-15(16)18(23)22(17)10-9-19/h3-8H,10-12H2,1-2H3. The van der Waals surface area contributed by atoms with Crippen LogP contribution in [0.3, 0.4) is 0 Å². The maximum absolute atomic E-state index is 12.6. The molecule has 0 bridgehead atoms. The third-order valence-electron chi connectivity index (χ3n) is 3.80. The monoisotopic (exact) mass is 322 g/mol. The van der Waals surface area contributed by atoms with E-state index in [2.05, 4.69) is 4.98 Å². The van der Waals surface area contributed by atoms with Crippen molar-refractivity contribution in [3.8, 4) is 6.07 Å². The van der Waals surface area contributed by atoms with Crippen molar-refractivity contribution in [1.82, 2.24) is 14.5 Å². The van der Waals surface area contributed by atoms with E-state index in [0.29, 0.717) is 29.8 Å². The van der Waals surface area contributed by atoms with Gasteiger partial charge >= 0.3 is 0 Å². The van der Waals surface area contributed by atoms with Crippen LogP contribution in [0.1, 0.15) is 17.3 Å². The van der Waals surface area contributed by atoms with Crippen LogP contribution < -0.4 is 5.56 Å². The average molecular weight is 322 g/mol. The second-order valence-electron chi connectivity index (χ2n) is 5.78. The van der Waals surface area contributed by atoms with Gasteiger partial charge in [0.15, 0.2) is 0 Å². The molecule has 0 saturated heterocycles. The summed E-state index contributed by atoms with van der Waals surface area (Å²) in [5, 5.41) is 9.58. The molecular weight excluding hydrogens is 304 g/mol. The van der Waals surface area contributed by atoms with Gasteiger partial charge in [0.2, 0.25) is 0 Å². The second kappa shape index (κ2) is 6.69. The van der Waals surface area contributed by atoms with Crippen LogP contribution in [-0.4, -0.2) is 21.5 Å². The first kappa shape index (κ1) is 16.0. The van der Waals surface area contributed by atoms with Gasteiger partial charge in [0, 0.05) is 0 Å². The van der Waals surface area contributed by atoms with Crippen molar-refractivity contribution in [2.75, 3.05) is 7.05 Å². The molecule has 0 aliphatic carbocycles. The molecule has 3 aromatic rings. The minimum absolute atomic E-state index is 0.0142. The lowest BCUT2D eigenvalue weighted by molar-refractivity contribution is 0.274. The normalized spacial score (nSPS) is 11.1. The van der Waals surface area contributed by atoms with Crippen molar-refractivity contribution >= 4 is 10.9 Å². The number of benzene rings is 1. The number of furan rings is 1. The maximum atomic E-state index is 12.6. The van der Waals surface area contributed by atoms with Crippen molar-refractivity contribution in [2.45, 2.75) is 26.6 Å². The highest BCUT2D eigenvalue weighted by atomic mass is 16.3. The fourth-order valence-corrected chi connectivity index (χ4v) is 2.70. The van der Waals surface area contributed by atoms with Gasteiger partial charge in [0.25, 0.3) is 5.56 Å². The van der Waals surface area contributed by atoms with Gasteiger partial charge in [-0.15, -0.1) is 0 Å². The van der Waals surface area contributed by atoms with Crippen LogP contribution >= 0.6 is 0 Å². The lowest BCUT2D eigenvalue weighted by atomic mass is 10.2. The van der Waals surface area contributed by atoms with E-state index in [1.165, 1.54) is 4.57 Å². The van der Waals surface area contributed by atoms with Crippen molar-refractivity contribution in [3.63, 3.8) is 0 Å². The highest BCUT2D eigenvalue weighted by Crippen LogP contribution is 2.12. The molecule has 2 heterocycles. The summed E-state index contributed by atoms with van der Waals surface area (Å²) in [6.07, 6.45) is 0. The SMILES string of the molecule is Cc1ccc(CN(C)Cc2nc3ccccc3c(=O)n2CC#N)o1. The van der Waals surface area contributed by atoms with Crippen molar-refractivity contribution in [3.05, 3.63) is 64.1 Å². The lowest BCUT2D eigenvalue weighted by Gasteiger charge is -2.17. The van der Waals surface area contributed by atoms with E-state index in [-0.39, 0.29) is 12.1 Å². The van der Waals surface area contributed by atoms with Gasteiger partial charge < -0.3 is 4.42 Å². The fraction of sp³-hybridized carbons (Fsp3) is 0.278. The first-order valence-corrected chi connectivity index (χ1v) is 7.67. The zero-order chi connectivity index (χ0) is 17.1. The minimum Gasteiger partial charge on any atom is -0.465 e. The number of aromatic nitrogens is 2. The first-order valence-electron chi connectivity index (χ1n) is 7.67. The molecule has 122 valence electrons. The van der Waals surface area contributed by atoms with Gasteiger partial charge in [-0.05, 0) is 38.2 Å². The Morgan fingerprint density at radius 3 is 2.75 bits per heavy atom. The smallest absolute Gasteiger partial charge is 0.262 e. The molecule has 6 heteroatoms. The summed E-state index contributed by atoms with van der Waals surface area (Å²) in [7, 11) is 1.93. The molecule has 0 spiro atoms. The molecule has 24 heavy (non-hydrogen) atoms. The molecular formula is C18H18N4O2. The Bertz CT molecular complexity index is 965. The van der Waals surface area contributed by atoms with E-state index in [9.17, 15) is 4.79 Å². The number of nitriles is 1. The van der Waals surface area contributed by atoms with Crippen LogP contribution in [0.25, 0.3) is 10.9 Å². The fourth-order valence-electron chi connectivity index (χ4n) is 2.70. The van der Waals surface area contributed by atoms with Crippen molar-refractivity contribution in [1.29, 1.82) is 5.26 Å². The number of aryl methyl sites for hydroxylation is 1. The summed E-state index contributed by atoms with van der Waals surface area (Å²) in [6.45, 7) is 2.93. The largest absolute Gasteiger partial charge is 0.465 e. The van der Waals surface area contributed by atoms with Crippen molar-refractivity contribution < 1.29 is 4.42 Å². The van der Waals surface area contributed by atoms with E-state index in [1.807, 2.05) is 49.2 Å². The molecule has 0 aliphatic heterocycles. The van der Waals surface area contributed by atoms with E-state index in [0.717, 1.165) is 11.5 Å². The number of hydrogen-bond acceptors (Lipinski definition) is 5. The van der Waals surface area contributed by atoms with Crippen LogP contribution in [-0.2, 0) is 19.6 Å². The zero-order valence-corrected chi connectivity index (χ0v) is 13.7. The molecule has 0 amide bonds. The number of hydrogen-bond donors (Lipinski definition) is 0. The summed E-state index contributed by atoms with van der Waals surface area (Å²) >= 11 is 0. The summed E-state index contributed by atoms with van der Waals surface area (Å²) in [6, 6.07) is 13.1. The molecule has 2 aromatic heterocycles. The van der Waals surface area contributed by atoms with E-state index >= 15 is 0 Å². The summed E-state index contributed by atoms with van der Waals surface area (Å²) in [5.41, 5.74) is 0.466.